The van der Waals surface area contributed by atoms with Crippen molar-refractivity contribution in [2.24, 2.45) is 0 Å². The van der Waals surface area contributed by atoms with Crippen LogP contribution in [0.3, 0.4) is 0 Å². The number of hydrogen-bond donors (Lipinski definition) is 3. The molecule has 0 fully saturated rings. The maximum atomic E-state index is 12.5. The molecule has 2 rings (SSSR count). The summed E-state index contributed by atoms with van der Waals surface area (Å²) in [6.07, 6.45) is -0.379. The van der Waals surface area contributed by atoms with Crippen LogP contribution in [0, 0.1) is 0 Å². The number of carbonyl (C=O) groups is 3. The second kappa shape index (κ2) is 8.96. The SMILES string of the molecule is COc1ccccc1C(=O)Nc1ccc(CC(OC(C)(C)C)(C(=O)O)C(=O)O)cc1. The number of ether oxygens (including phenoxy) is 2. The Kier molecular flexibility index (Phi) is 6.84. The highest BCUT2D eigenvalue weighted by Gasteiger charge is 2.50. The molecule has 160 valence electrons. The zero-order valence-electron chi connectivity index (χ0n) is 17.3. The van der Waals surface area contributed by atoms with Crippen molar-refractivity contribution in [3.05, 3.63) is 59.7 Å². The molecule has 0 radical (unpaired) electrons. The van der Waals surface area contributed by atoms with E-state index in [1.54, 1.807) is 69.3 Å². The molecule has 0 unspecified atom stereocenters. The summed E-state index contributed by atoms with van der Waals surface area (Å²) in [6, 6.07) is 13.0. The number of hydrogen-bond acceptors (Lipinski definition) is 5. The van der Waals surface area contributed by atoms with Gasteiger partial charge in [0.2, 0.25) is 0 Å². The molecule has 1 amide bonds. The molecule has 2 aromatic rings. The highest BCUT2D eigenvalue weighted by Crippen LogP contribution is 2.27. The highest BCUT2D eigenvalue weighted by atomic mass is 16.6. The summed E-state index contributed by atoms with van der Waals surface area (Å²) in [7, 11) is 1.47. The molecule has 8 heteroatoms. The number of carbonyl (C=O) groups excluding carboxylic acids is 1. The van der Waals surface area contributed by atoms with Gasteiger partial charge in [0, 0.05) is 12.1 Å². The molecule has 30 heavy (non-hydrogen) atoms. The van der Waals surface area contributed by atoms with E-state index in [1.807, 2.05) is 0 Å². The van der Waals surface area contributed by atoms with Crippen LogP contribution in [0.5, 0.6) is 5.75 Å². The van der Waals surface area contributed by atoms with E-state index >= 15 is 0 Å². The van der Waals surface area contributed by atoms with Crippen LogP contribution < -0.4 is 10.1 Å². The number of rotatable bonds is 8. The van der Waals surface area contributed by atoms with Gasteiger partial charge in [0.05, 0.1) is 18.3 Å². The first kappa shape index (κ1) is 22.9. The van der Waals surface area contributed by atoms with E-state index in [0.29, 0.717) is 22.6 Å². The summed E-state index contributed by atoms with van der Waals surface area (Å²) in [5.41, 5.74) is -2.17. The van der Waals surface area contributed by atoms with Gasteiger partial charge in [-0.2, -0.15) is 0 Å². The predicted octanol–water partition coefficient (Wildman–Crippen LogP) is 3.21. The first-order valence-corrected chi connectivity index (χ1v) is 9.19. The van der Waals surface area contributed by atoms with Gasteiger partial charge >= 0.3 is 11.9 Å². The Balaban J connectivity index is 2.22. The lowest BCUT2D eigenvalue weighted by Crippen LogP contribution is -2.54. The lowest BCUT2D eigenvalue weighted by atomic mass is 9.93. The van der Waals surface area contributed by atoms with Gasteiger partial charge in [0.15, 0.2) is 0 Å². The fraction of sp³-hybridized carbons (Fsp3) is 0.318. The van der Waals surface area contributed by atoms with Crippen molar-refractivity contribution in [3.8, 4) is 5.75 Å². The van der Waals surface area contributed by atoms with E-state index in [0.717, 1.165) is 0 Å². The smallest absolute Gasteiger partial charge is 0.348 e. The fourth-order valence-corrected chi connectivity index (χ4v) is 2.91. The predicted molar refractivity (Wildman–Crippen MR) is 110 cm³/mol. The molecule has 0 heterocycles. The topological polar surface area (TPSA) is 122 Å². The third-order valence-corrected chi connectivity index (χ3v) is 4.19. The van der Waals surface area contributed by atoms with E-state index < -0.39 is 23.1 Å². The molecule has 0 spiro atoms. The molecule has 0 atom stereocenters. The van der Waals surface area contributed by atoms with Crippen LogP contribution in [0.25, 0.3) is 0 Å². The zero-order valence-corrected chi connectivity index (χ0v) is 17.3. The van der Waals surface area contributed by atoms with E-state index in [2.05, 4.69) is 5.32 Å². The number of nitrogens with one attached hydrogen (secondary N) is 1. The van der Waals surface area contributed by atoms with Gasteiger partial charge in [-0.1, -0.05) is 24.3 Å². The van der Waals surface area contributed by atoms with E-state index in [9.17, 15) is 24.6 Å². The number of carboxylic acids is 2. The molecule has 0 aliphatic rings. The van der Waals surface area contributed by atoms with E-state index in [4.69, 9.17) is 9.47 Å². The molecule has 0 aliphatic heterocycles. The first-order chi connectivity index (χ1) is 14.0. The Hall–Kier alpha value is -3.39. The zero-order chi connectivity index (χ0) is 22.5. The molecule has 0 aromatic heterocycles. The standard InChI is InChI=1S/C22H25NO7/c1-21(2,3)30-22(19(25)26,20(27)28)13-14-9-11-15(12-10-14)23-18(24)16-7-5-6-8-17(16)29-4/h5-12H,13H2,1-4H3,(H,23,24)(H,25,26)(H,27,28). The number of amides is 1. The molecule has 0 saturated carbocycles. The van der Waals surface area contributed by atoms with Crippen molar-refractivity contribution in [1.82, 2.24) is 0 Å². The fourth-order valence-electron chi connectivity index (χ4n) is 2.91. The van der Waals surface area contributed by atoms with Gasteiger partial charge in [-0.25, -0.2) is 9.59 Å². The molecule has 3 N–H and O–H groups in total. The molecule has 0 aliphatic carbocycles. The first-order valence-electron chi connectivity index (χ1n) is 9.19. The largest absolute Gasteiger partial charge is 0.496 e. The normalized spacial score (nSPS) is 11.6. The van der Waals surface area contributed by atoms with Crippen LogP contribution in [0.1, 0.15) is 36.7 Å². The van der Waals surface area contributed by atoms with Crippen LogP contribution in [0.2, 0.25) is 0 Å². The summed E-state index contributed by atoms with van der Waals surface area (Å²) in [4.78, 5) is 36.1. The minimum atomic E-state index is -2.43. The summed E-state index contributed by atoms with van der Waals surface area (Å²) in [5, 5.41) is 21.9. The molecule has 2 aromatic carbocycles. The van der Waals surface area contributed by atoms with Crippen molar-refractivity contribution >= 4 is 23.5 Å². The Morgan fingerprint density at radius 1 is 0.933 bits per heavy atom. The summed E-state index contributed by atoms with van der Waals surface area (Å²) in [5.74, 6) is -3.11. The number of benzene rings is 2. The lowest BCUT2D eigenvalue weighted by molar-refractivity contribution is -0.199. The maximum absolute atomic E-state index is 12.5. The van der Waals surface area contributed by atoms with Gasteiger partial charge in [0.1, 0.15) is 5.75 Å². The molecular formula is C22H25NO7. The van der Waals surface area contributed by atoms with Gasteiger partial charge in [-0.15, -0.1) is 0 Å². The molecule has 8 nitrogen and oxygen atoms in total. The minimum Gasteiger partial charge on any atom is -0.496 e. The van der Waals surface area contributed by atoms with Crippen molar-refractivity contribution in [2.75, 3.05) is 12.4 Å². The van der Waals surface area contributed by atoms with Crippen molar-refractivity contribution in [3.63, 3.8) is 0 Å². The maximum Gasteiger partial charge on any atom is 0.348 e. The van der Waals surface area contributed by atoms with Crippen molar-refractivity contribution in [2.45, 2.75) is 38.4 Å². The van der Waals surface area contributed by atoms with Crippen LogP contribution in [-0.2, 0) is 20.7 Å². The van der Waals surface area contributed by atoms with Crippen molar-refractivity contribution in [1.29, 1.82) is 0 Å². The Morgan fingerprint density at radius 3 is 2.00 bits per heavy atom. The Morgan fingerprint density at radius 2 is 1.50 bits per heavy atom. The average Bonchev–Trinajstić information content (AvgIpc) is 2.67. The number of para-hydroxylation sites is 1. The number of anilines is 1. The summed E-state index contributed by atoms with van der Waals surface area (Å²) < 4.78 is 10.6. The second-order valence-electron chi connectivity index (χ2n) is 7.68. The summed E-state index contributed by atoms with van der Waals surface area (Å²) >= 11 is 0. The molecule has 0 bridgehead atoms. The van der Waals surface area contributed by atoms with Gasteiger partial charge < -0.3 is 25.0 Å². The van der Waals surface area contributed by atoms with Crippen LogP contribution >= 0.6 is 0 Å². The Labute approximate surface area is 174 Å². The van der Waals surface area contributed by atoms with E-state index in [1.165, 1.54) is 7.11 Å². The monoisotopic (exact) mass is 415 g/mol. The number of carboxylic acid groups (broad SMARTS) is 2. The van der Waals surface area contributed by atoms with Gasteiger partial charge in [0.25, 0.3) is 11.5 Å². The van der Waals surface area contributed by atoms with Gasteiger partial charge in [-0.3, -0.25) is 4.79 Å². The van der Waals surface area contributed by atoms with Crippen LogP contribution in [0.15, 0.2) is 48.5 Å². The number of methoxy groups -OCH3 is 1. The van der Waals surface area contributed by atoms with E-state index in [-0.39, 0.29) is 12.3 Å². The van der Waals surface area contributed by atoms with Crippen LogP contribution in [0.4, 0.5) is 5.69 Å². The molecule has 0 saturated heterocycles. The second-order valence-corrected chi connectivity index (χ2v) is 7.68. The molecular weight excluding hydrogens is 390 g/mol. The quantitative estimate of drug-likeness (QED) is 0.566. The third kappa shape index (κ3) is 5.36. The average molecular weight is 415 g/mol. The third-order valence-electron chi connectivity index (χ3n) is 4.19. The minimum absolute atomic E-state index is 0.360. The van der Waals surface area contributed by atoms with Crippen LogP contribution in [-0.4, -0.2) is 46.4 Å². The van der Waals surface area contributed by atoms with Gasteiger partial charge in [-0.05, 0) is 50.6 Å². The lowest BCUT2D eigenvalue weighted by Gasteiger charge is -2.33. The summed E-state index contributed by atoms with van der Waals surface area (Å²) in [6.45, 7) is 4.76. The number of aliphatic carboxylic acids is 2. The van der Waals surface area contributed by atoms with Crippen molar-refractivity contribution < 1.29 is 34.1 Å². The Bertz CT molecular complexity index is 915. The highest BCUT2D eigenvalue weighted by molar-refractivity contribution is 6.06.